The molecule has 1 amide bonds. The van der Waals surface area contributed by atoms with Crippen molar-refractivity contribution < 1.29 is 9.18 Å². The van der Waals surface area contributed by atoms with E-state index in [1.165, 1.54) is 44.2 Å². The molecule has 1 aromatic carbocycles. The number of nitrogens with one attached hydrogen (secondary N) is 1. The first-order chi connectivity index (χ1) is 13.2. The van der Waals surface area contributed by atoms with E-state index in [0.29, 0.717) is 23.9 Å². The summed E-state index contributed by atoms with van der Waals surface area (Å²) in [5, 5.41) is 12.6. The standard InChI is InChI=1S/C19H24FN5OS/c20-14-4-6-15(7-5-14)21-17(26)10-13-27-19-23-22-18(25(19)16-8-9-16)24-11-2-1-3-12-24/h4-7,16H,1-3,8-13H2,(H,21,26). The molecule has 0 atom stereocenters. The predicted molar refractivity (Wildman–Crippen MR) is 105 cm³/mol. The van der Waals surface area contributed by atoms with E-state index >= 15 is 0 Å². The number of piperidine rings is 1. The van der Waals surface area contributed by atoms with Crippen LogP contribution >= 0.6 is 11.8 Å². The number of carbonyl (C=O) groups is 1. The van der Waals surface area contributed by atoms with Crippen molar-refractivity contribution in [3.63, 3.8) is 0 Å². The van der Waals surface area contributed by atoms with E-state index < -0.39 is 0 Å². The molecule has 1 saturated carbocycles. The van der Waals surface area contributed by atoms with Crippen LogP contribution in [0, 0.1) is 5.82 Å². The minimum Gasteiger partial charge on any atom is -0.341 e. The Kier molecular flexibility index (Phi) is 5.61. The number of thioether (sulfide) groups is 1. The lowest BCUT2D eigenvalue weighted by atomic mass is 10.1. The molecular formula is C19H24FN5OS. The molecule has 2 fully saturated rings. The maximum atomic E-state index is 12.9. The zero-order valence-electron chi connectivity index (χ0n) is 15.2. The van der Waals surface area contributed by atoms with Crippen molar-refractivity contribution in [2.24, 2.45) is 0 Å². The van der Waals surface area contributed by atoms with Crippen LogP contribution in [0.5, 0.6) is 0 Å². The molecule has 0 spiro atoms. The van der Waals surface area contributed by atoms with Crippen molar-refractivity contribution in [1.29, 1.82) is 0 Å². The van der Waals surface area contributed by atoms with Gasteiger partial charge in [0.2, 0.25) is 11.9 Å². The molecule has 0 radical (unpaired) electrons. The lowest BCUT2D eigenvalue weighted by Gasteiger charge is -2.27. The van der Waals surface area contributed by atoms with E-state index in [4.69, 9.17) is 0 Å². The third kappa shape index (κ3) is 4.61. The molecule has 2 aliphatic rings. The number of hydrogen-bond acceptors (Lipinski definition) is 5. The summed E-state index contributed by atoms with van der Waals surface area (Å²) in [5.74, 6) is 1.24. The predicted octanol–water partition coefficient (Wildman–Crippen LogP) is 3.86. The highest BCUT2D eigenvalue weighted by Crippen LogP contribution is 2.41. The number of rotatable bonds is 7. The molecule has 2 aromatic rings. The third-order valence-electron chi connectivity index (χ3n) is 4.89. The third-order valence-corrected chi connectivity index (χ3v) is 5.83. The number of amides is 1. The second kappa shape index (κ2) is 8.29. The molecule has 6 nitrogen and oxygen atoms in total. The molecule has 8 heteroatoms. The molecule has 1 aliphatic carbocycles. The average molecular weight is 390 g/mol. The Bertz CT molecular complexity index is 784. The van der Waals surface area contributed by atoms with Gasteiger partial charge in [0.25, 0.3) is 0 Å². The van der Waals surface area contributed by atoms with Crippen LogP contribution in [0.3, 0.4) is 0 Å². The van der Waals surface area contributed by atoms with Gasteiger partial charge >= 0.3 is 0 Å². The van der Waals surface area contributed by atoms with E-state index in [0.717, 1.165) is 24.2 Å². The van der Waals surface area contributed by atoms with Gasteiger partial charge in [-0.2, -0.15) is 0 Å². The van der Waals surface area contributed by atoms with Crippen LogP contribution in [-0.2, 0) is 4.79 Å². The van der Waals surface area contributed by atoms with Crippen LogP contribution in [0.1, 0.15) is 44.6 Å². The number of carbonyl (C=O) groups excluding carboxylic acids is 1. The first-order valence-corrected chi connectivity index (χ1v) is 10.6. The fourth-order valence-electron chi connectivity index (χ4n) is 3.32. The van der Waals surface area contributed by atoms with Gasteiger partial charge in [-0.05, 0) is 56.4 Å². The highest BCUT2D eigenvalue weighted by atomic mass is 32.2. The highest BCUT2D eigenvalue weighted by Gasteiger charge is 2.32. The number of benzene rings is 1. The van der Waals surface area contributed by atoms with Gasteiger partial charge in [0.05, 0.1) is 0 Å². The lowest BCUT2D eigenvalue weighted by molar-refractivity contribution is -0.115. The van der Waals surface area contributed by atoms with E-state index in [-0.39, 0.29) is 11.7 Å². The van der Waals surface area contributed by atoms with Crippen LogP contribution in [0.4, 0.5) is 16.0 Å². The Morgan fingerprint density at radius 2 is 1.89 bits per heavy atom. The van der Waals surface area contributed by atoms with Crippen molar-refractivity contribution in [3.8, 4) is 0 Å². The van der Waals surface area contributed by atoms with E-state index in [1.54, 1.807) is 23.9 Å². The van der Waals surface area contributed by atoms with Crippen LogP contribution in [-0.4, -0.2) is 39.5 Å². The fourth-order valence-corrected chi connectivity index (χ4v) is 4.26. The zero-order valence-corrected chi connectivity index (χ0v) is 16.1. The minimum atomic E-state index is -0.313. The summed E-state index contributed by atoms with van der Waals surface area (Å²) in [6, 6.07) is 6.31. The molecule has 1 aromatic heterocycles. The average Bonchev–Trinajstić information content (AvgIpc) is 3.44. The van der Waals surface area contributed by atoms with Crippen LogP contribution < -0.4 is 10.2 Å². The van der Waals surface area contributed by atoms with Gasteiger partial charge < -0.3 is 10.2 Å². The van der Waals surface area contributed by atoms with Crippen LogP contribution in [0.2, 0.25) is 0 Å². The molecular weight excluding hydrogens is 365 g/mol. The molecule has 1 aliphatic heterocycles. The van der Waals surface area contributed by atoms with Crippen molar-refractivity contribution in [3.05, 3.63) is 30.1 Å². The summed E-state index contributed by atoms with van der Waals surface area (Å²) in [6.07, 6.45) is 6.44. The monoisotopic (exact) mass is 389 g/mol. The quantitative estimate of drug-likeness (QED) is 0.729. The maximum absolute atomic E-state index is 12.9. The summed E-state index contributed by atoms with van der Waals surface area (Å²) in [6.45, 7) is 2.10. The Labute approximate surface area is 162 Å². The number of aromatic nitrogens is 3. The SMILES string of the molecule is O=C(CCSc1nnc(N2CCCCC2)n1C1CC1)Nc1ccc(F)cc1. The second-order valence-corrected chi connectivity index (χ2v) is 8.15. The highest BCUT2D eigenvalue weighted by molar-refractivity contribution is 7.99. The van der Waals surface area contributed by atoms with Gasteiger partial charge in [-0.25, -0.2) is 4.39 Å². The summed E-state index contributed by atoms with van der Waals surface area (Å²) >= 11 is 1.58. The van der Waals surface area contributed by atoms with Gasteiger partial charge in [0, 0.05) is 37.0 Å². The van der Waals surface area contributed by atoms with Gasteiger partial charge in [-0.3, -0.25) is 9.36 Å². The van der Waals surface area contributed by atoms with Gasteiger partial charge in [-0.1, -0.05) is 11.8 Å². The Morgan fingerprint density at radius 1 is 1.15 bits per heavy atom. The Hall–Kier alpha value is -2.09. The smallest absolute Gasteiger partial charge is 0.228 e. The van der Waals surface area contributed by atoms with Gasteiger partial charge in [-0.15, -0.1) is 10.2 Å². The summed E-state index contributed by atoms with van der Waals surface area (Å²) in [4.78, 5) is 14.4. The Balaban J connectivity index is 1.33. The molecule has 27 heavy (non-hydrogen) atoms. The zero-order chi connectivity index (χ0) is 18.6. The van der Waals surface area contributed by atoms with E-state index in [2.05, 4.69) is 25.0 Å². The normalized spacial score (nSPS) is 17.1. The molecule has 0 unspecified atom stereocenters. The number of halogens is 1. The van der Waals surface area contributed by atoms with Gasteiger partial charge in [0.1, 0.15) is 5.82 Å². The van der Waals surface area contributed by atoms with Crippen LogP contribution in [0.25, 0.3) is 0 Å². The summed E-state index contributed by atoms with van der Waals surface area (Å²) < 4.78 is 15.2. The molecule has 1 N–H and O–H groups in total. The molecule has 2 heterocycles. The topological polar surface area (TPSA) is 63.1 Å². The molecule has 144 valence electrons. The summed E-state index contributed by atoms with van der Waals surface area (Å²) in [5.41, 5.74) is 0.611. The van der Waals surface area contributed by atoms with E-state index in [1.807, 2.05) is 0 Å². The second-order valence-electron chi connectivity index (χ2n) is 7.08. The first kappa shape index (κ1) is 18.3. The lowest BCUT2D eigenvalue weighted by Crippen LogP contribution is -2.31. The molecule has 0 bridgehead atoms. The Morgan fingerprint density at radius 3 is 2.59 bits per heavy atom. The van der Waals surface area contributed by atoms with Crippen molar-refractivity contribution >= 4 is 29.3 Å². The van der Waals surface area contributed by atoms with E-state index in [9.17, 15) is 9.18 Å². The maximum Gasteiger partial charge on any atom is 0.228 e. The van der Waals surface area contributed by atoms with Crippen molar-refractivity contribution in [1.82, 2.24) is 14.8 Å². The van der Waals surface area contributed by atoms with Crippen molar-refractivity contribution in [2.45, 2.75) is 49.7 Å². The number of anilines is 2. The molecule has 4 rings (SSSR count). The molecule has 1 saturated heterocycles. The van der Waals surface area contributed by atoms with Crippen LogP contribution in [0.15, 0.2) is 29.4 Å². The largest absolute Gasteiger partial charge is 0.341 e. The fraction of sp³-hybridized carbons (Fsp3) is 0.526. The minimum absolute atomic E-state index is 0.0807. The number of nitrogens with zero attached hydrogens (tertiary/aromatic N) is 4. The van der Waals surface area contributed by atoms with Gasteiger partial charge in [0.15, 0.2) is 5.16 Å². The summed E-state index contributed by atoms with van der Waals surface area (Å²) in [7, 11) is 0. The number of hydrogen-bond donors (Lipinski definition) is 1. The van der Waals surface area contributed by atoms with Crippen molar-refractivity contribution in [2.75, 3.05) is 29.1 Å². The first-order valence-electron chi connectivity index (χ1n) is 9.59.